The molecule has 1 aliphatic rings. The van der Waals surface area contributed by atoms with Crippen molar-refractivity contribution in [3.05, 3.63) is 70.6 Å². The number of rotatable bonds is 7. The Bertz CT molecular complexity index is 943. The maximum atomic E-state index is 13.2. The summed E-state index contributed by atoms with van der Waals surface area (Å²) in [5, 5.41) is 0. The molecule has 7 heteroatoms. The van der Waals surface area contributed by atoms with E-state index >= 15 is 0 Å². The van der Waals surface area contributed by atoms with E-state index in [1.54, 1.807) is 25.1 Å². The molecule has 0 saturated carbocycles. The molecule has 1 amide bonds. The largest absolute Gasteiger partial charge is 0.494 e. The number of hydrogen-bond donors (Lipinski definition) is 0. The van der Waals surface area contributed by atoms with E-state index < -0.39 is 12.0 Å². The van der Waals surface area contributed by atoms with Gasteiger partial charge in [0.1, 0.15) is 10.1 Å². The number of hydrogen-bond acceptors (Lipinski definition) is 6. The Morgan fingerprint density at radius 1 is 1.14 bits per heavy atom. The van der Waals surface area contributed by atoms with Gasteiger partial charge in [-0.15, -0.1) is 0 Å². The molecule has 2 aromatic carbocycles. The minimum atomic E-state index is -0.913. The minimum absolute atomic E-state index is 0.219. The second kappa shape index (κ2) is 9.71. The topological polar surface area (TPSA) is 55.8 Å². The summed E-state index contributed by atoms with van der Waals surface area (Å²) in [5.41, 5.74) is 1.48. The van der Waals surface area contributed by atoms with Gasteiger partial charge in [0.15, 0.2) is 6.04 Å². The molecule has 0 N–H and O–H groups in total. The van der Waals surface area contributed by atoms with Gasteiger partial charge in [0.25, 0.3) is 5.91 Å². The normalized spacial score (nSPS) is 16.2. The van der Waals surface area contributed by atoms with Crippen molar-refractivity contribution >= 4 is 46.3 Å². The Hall–Kier alpha value is -2.64. The summed E-state index contributed by atoms with van der Waals surface area (Å²) in [5.74, 6) is -0.0938. The molecule has 5 nitrogen and oxygen atoms in total. The third-order valence-electron chi connectivity index (χ3n) is 4.17. The fourth-order valence-corrected chi connectivity index (χ4v) is 4.27. The van der Waals surface area contributed by atoms with Crippen LogP contribution in [0.4, 0.5) is 0 Å². The van der Waals surface area contributed by atoms with Gasteiger partial charge in [0.05, 0.1) is 18.1 Å². The van der Waals surface area contributed by atoms with Gasteiger partial charge < -0.3 is 9.47 Å². The van der Waals surface area contributed by atoms with Gasteiger partial charge in [-0.3, -0.25) is 9.69 Å². The van der Waals surface area contributed by atoms with Crippen molar-refractivity contribution in [1.29, 1.82) is 0 Å². The van der Waals surface area contributed by atoms with Crippen molar-refractivity contribution in [3.63, 3.8) is 0 Å². The monoisotopic (exact) mass is 427 g/mol. The zero-order valence-electron chi connectivity index (χ0n) is 16.2. The van der Waals surface area contributed by atoms with E-state index in [2.05, 4.69) is 0 Å². The Balaban J connectivity index is 1.94. The average molecular weight is 428 g/mol. The maximum Gasteiger partial charge on any atom is 0.333 e. The summed E-state index contributed by atoms with van der Waals surface area (Å²) in [6.45, 7) is 4.42. The van der Waals surface area contributed by atoms with Gasteiger partial charge in [-0.25, -0.2) is 4.79 Å². The molecule has 0 spiro atoms. The van der Waals surface area contributed by atoms with Crippen LogP contribution in [0.1, 0.15) is 31.0 Å². The summed E-state index contributed by atoms with van der Waals surface area (Å²) in [4.78, 5) is 27.6. The predicted molar refractivity (Wildman–Crippen MR) is 118 cm³/mol. The molecule has 1 unspecified atom stereocenters. The highest BCUT2D eigenvalue weighted by atomic mass is 32.2. The van der Waals surface area contributed by atoms with Crippen LogP contribution in [-0.4, -0.2) is 34.3 Å². The first-order valence-corrected chi connectivity index (χ1v) is 10.5. The van der Waals surface area contributed by atoms with Crippen LogP contribution in [-0.2, 0) is 14.3 Å². The first-order chi connectivity index (χ1) is 14.0. The molecule has 1 fully saturated rings. The van der Waals surface area contributed by atoms with Crippen molar-refractivity contribution in [2.24, 2.45) is 0 Å². The number of carbonyl (C=O) groups is 2. The molecular weight excluding hydrogens is 406 g/mol. The van der Waals surface area contributed by atoms with E-state index in [-0.39, 0.29) is 12.5 Å². The lowest BCUT2D eigenvalue weighted by molar-refractivity contribution is -0.151. The van der Waals surface area contributed by atoms with Crippen molar-refractivity contribution in [1.82, 2.24) is 4.90 Å². The molecule has 29 heavy (non-hydrogen) atoms. The smallest absolute Gasteiger partial charge is 0.333 e. The van der Waals surface area contributed by atoms with Crippen LogP contribution in [0.5, 0.6) is 5.75 Å². The van der Waals surface area contributed by atoms with Crippen LogP contribution in [0.3, 0.4) is 0 Å². The lowest BCUT2D eigenvalue weighted by atomic mass is 10.1. The number of nitrogens with zero attached hydrogens (tertiary/aromatic N) is 1. The van der Waals surface area contributed by atoms with Gasteiger partial charge in [-0.05, 0) is 43.2 Å². The molecule has 1 heterocycles. The van der Waals surface area contributed by atoms with Gasteiger partial charge in [0.2, 0.25) is 0 Å². The van der Waals surface area contributed by atoms with Crippen LogP contribution < -0.4 is 4.74 Å². The number of benzene rings is 2. The zero-order chi connectivity index (χ0) is 20.8. The molecule has 3 rings (SSSR count). The minimum Gasteiger partial charge on any atom is -0.494 e. The summed E-state index contributed by atoms with van der Waals surface area (Å²) in [7, 11) is 0. The molecular formula is C22H21NO4S2. The van der Waals surface area contributed by atoms with Crippen LogP contribution in [0.25, 0.3) is 6.08 Å². The molecule has 1 aliphatic heterocycles. The van der Waals surface area contributed by atoms with Gasteiger partial charge >= 0.3 is 5.97 Å². The molecule has 1 saturated heterocycles. The van der Waals surface area contributed by atoms with E-state index in [1.165, 1.54) is 16.7 Å². The maximum absolute atomic E-state index is 13.2. The Morgan fingerprint density at radius 2 is 1.90 bits per heavy atom. The second-order valence-corrected chi connectivity index (χ2v) is 7.80. The predicted octanol–water partition coefficient (Wildman–Crippen LogP) is 4.59. The number of esters is 1. The Morgan fingerprint density at radius 3 is 2.59 bits per heavy atom. The third-order valence-corrected chi connectivity index (χ3v) is 5.50. The molecule has 1 atom stereocenters. The first-order valence-electron chi connectivity index (χ1n) is 9.26. The van der Waals surface area contributed by atoms with E-state index in [0.29, 0.717) is 21.4 Å². The Kier molecular flexibility index (Phi) is 7.06. The van der Waals surface area contributed by atoms with Crippen molar-refractivity contribution in [3.8, 4) is 5.75 Å². The summed E-state index contributed by atoms with van der Waals surface area (Å²) >= 11 is 6.63. The standard InChI is InChI=1S/C22H21NO4S2/c1-3-26-17-12-8-9-15(13-17)14-18-20(24)23(22(28)29-18)19(21(25)27-4-2)16-10-6-5-7-11-16/h5-14,19H,3-4H2,1-2H3/b18-14+. The number of carbonyl (C=O) groups excluding carboxylic acids is 2. The lowest BCUT2D eigenvalue weighted by Gasteiger charge is -2.25. The van der Waals surface area contributed by atoms with E-state index in [4.69, 9.17) is 21.7 Å². The fraction of sp³-hybridized carbons (Fsp3) is 0.227. The Labute approximate surface area is 179 Å². The van der Waals surface area contributed by atoms with Crippen molar-refractivity contribution in [2.75, 3.05) is 13.2 Å². The van der Waals surface area contributed by atoms with Crippen LogP contribution >= 0.6 is 24.0 Å². The highest BCUT2D eigenvalue weighted by Crippen LogP contribution is 2.39. The van der Waals surface area contributed by atoms with Gasteiger partial charge in [0, 0.05) is 0 Å². The quantitative estimate of drug-likeness (QED) is 0.366. The van der Waals surface area contributed by atoms with Crippen LogP contribution in [0.15, 0.2) is 59.5 Å². The molecule has 0 aromatic heterocycles. The summed E-state index contributed by atoms with van der Waals surface area (Å²) < 4.78 is 11.1. The average Bonchev–Trinajstić information content (AvgIpc) is 2.98. The van der Waals surface area contributed by atoms with E-state index in [9.17, 15) is 9.59 Å². The zero-order valence-corrected chi connectivity index (χ0v) is 17.8. The summed E-state index contributed by atoms with van der Waals surface area (Å²) in [6.07, 6.45) is 1.76. The molecule has 150 valence electrons. The number of ether oxygens (including phenoxy) is 2. The third kappa shape index (κ3) is 4.86. The first kappa shape index (κ1) is 21.1. The fourth-order valence-electron chi connectivity index (χ4n) is 2.96. The molecule has 0 bridgehead atoms. The SMILES string of the molecule is CCOC(=O)C(c1ccccc1)N1C(=O)/C(=C\c2cccc(OCC)c2)SC1=S. The van der Waals surface area contributed by atoms with Crippen LogP contribution in [0, 0.1) is 0 Å². The van der Waals surface area contributed by atoms with Gasteiger partial charge in [-0.1, -0.05) is 66.4 Å². The number of thioether (sulfide) groups is 1. The highest BCUT2D eigenvalue weighted by molar-refractivity contribution is 8.26. The van der Waals surface area contributed by atoms with Crippen LogP contribution in [0.2, 0.25) is 0 Å². The van der Waals surface area contributed by atoms with E-state index in [0.717, 1.165) is 11.3 Å². The number of amides is 1. The van der Waals surface area contributed by atoms with Crippen molar-refractivity contribution in [2.45, 2.75) is 19.9 Å². The molecule has 0 aliphatic carbocycles. The number of thiocarbonyl (C=S) groups is 1. The second-order valence-electron chi connectivity index (χ2n) is 6.12. The van der Waals surface area contributed by atoms with Gasteiger partial charge in [-0.2, -0.15) is 0 Å². The molecule has 0 radical (unpaired) electrons. The lowest BCUT2D eigenvalue weighted by Crippen LogP contribution is -2.38. The van der Waals surface area contributed by atoms with Crippen molar-refractivity contribution < 1.29 is 19.1 Å². The van der Waals surface area contributed by atoms with E-state index in [1.807, 2.05) is 49.4 Å². The highest BCUT2D eigenvalue weighted by Gasteiger charge is 2.42. The molecule has 2 aromatic rings. The summed E-state index contributed by atoms with van der Waals surface area (Å²) in [6, 6.07) is 15.6.